The highest BCUT2D eigenvalue weighted by Gasteiger charge is 2.23. The third kappa shape index (κ3) is 5.01. The highest BCUT2D eigenvalue weighted by atomic mass is 32.1. The van der Waals surface area contributed by atoms with Crippen LogP contribution in [0.1, 0.15) is 26.5 Å². The highest BCUT2D eigenvalue weighted by molar-refractivity contribution is 7.17. The Morgan fingerprint density at radius 2 is 1.29 bits per heavy atom. The summed E-state index contributed by atoms with van der Waals surface area (Å²) < 4.78 is 0. The lowest BCUT2D eigenvalue weighted by Crippen LogP contribution is -2.30. The Hall–Kier alpha value is -3.44. The number of amides is 1. The zero-order valence-corrected chi connectivity index (χ0v) is 18.5. The Morgan fingerprint density at radius 1 is 0.806 bits per heavy atom. The largest absolute Gasteiger partial charge is 0.329 e. The molecule has 0 radical (unpaired) electrons. The first-order chi connectivity index (χ1) is 15.1. The van der Waals surface area contributed by atoms with Crippen molar-refractivity contribution in [2.75, 3.05) is 11.9 Å². The molecule has 0 fully saturated rings. The van der Waals surface area contributed by atoms with E-state index in [-0.39, 0.29) is 5.91 Å². The summed E-state index contributed by atoms with van der Waals surface area (Å²) in [5, 5.41) is 0.812. The molecule has 5 heteroatoms. The van der Waals surface area contributed by atoms with Gasteiger partial charge < -0.3 is 9.80 Å². The molecule has 0 saturated carbocycles. The molecule has 0 bridgehead atoms. The topological polar surface area (TPSA) is 36.4 Å². The minimum Gasteiger partial charge on any atom is -0.329 e. The molecule has 1 heterocycles. The van der Waals surface area contributed by atoms with Crippen LogP contribution >= 0.6 is 11.3 Å². The number of carbonyl (C=O) groups excluding carboxylic acids is 1. The average molecular weight is 428 g/mol. The van der Waals surface area contributed by atoms with Gasteiger partial charge in [0.05, 0.1) is 5.69 Å². The zero-order valence-electron chi connectivity index (χ0n) is 17.7. The van der Waals surface area contributed by atoms with Gasteiger partial charge in [0.25, 0.3) is 5.91 Å². The standard InChI is InChI=1S/C26H25N3OS/c1-20-24(31-26(27-20)28(2)23-16-10-5-11-17-23)25(30)29(18-21-12-6-3-7-13-21)19-22-14-8-4-9-15-22/h3-17H,18-19H2,1-2H3. The number of carbonyl (C=O) groups is 1. The zero-order chi connectivity index (χ0) is 21.6. The molecule has 31 heavy (non-hydrogen) atoms. The number of aryl methyl sites for hydroxylation is 1. The molecular formula is C26H25N3OS. The van der Waals surface area contributed by atoms with Crippen LogP contribution in [0.2, 0.25) is 0 Å². The van der Waals surface area contributed by atoms with Crippen LogP contribution in [-0.4, -0.2) is 22.8 Å². The number of hydrogen-bond acceptors (Lipinski definition) is 4. The van der Waals surface area contributed by atoms with Crippen LogP contribution in [0.25, 0.3) is 0 Å². The fourth-order valence-electron chi connectivity index (χ4n) is 3.44. The minimum atomic E-state index is 0.00965. The van der Waals surface area contributed by atoms with Gasteiger partial charge in [0.2, 0.25) is 0 Å². The van der Waals surface area contributed by atoms with Gasteiger partial charge in [-0.1, -0.05) is 90.2 Å². The van der Waals surface area contributed by atoms with Crippen LogP contribution in [0.3, 0.4) is 0 Å². The number of benzene rings is 3. The van der Waals surface area contributed by atoms with Crippen LogP contribution in [0.5, 0.6) is 0 Å². The molecule has 0 aliphatic carbocycles. The fourth-order valence-corrected chi connectivity index (χ4v) is 4.45. The molecule has 0 aliphatic rings. The maximum atomic E-state index is 13.6. The summed E-state index contributed by atoms with van der Waals surface area (Å²) in [6, 6.07) is 30.3. The van der Waals surface area contributed by atoms with Gasteiger partial charge in [-0.05, 0) is 30.2 Å². The molecule has 156 valence electrons. The van der Waals surface area contributed by atoms with Crippen molar-refractivity contribution in [2.45, 2.75) is 20.0 Å². The Kier molecular flexibility index (Phi) is 6.43. The maximum absolute atomic E-state index is 13.6. The molecule has 0 aliphatic heterocycles. The molecular weight excluding hydrogens is 402 g/mol. The van der Waals surface area contributed by atoms with Crippen molar-refractivity contribution in [1.29, 1.82) is 0 Å². The van der Waals surface area contributed by atoms with E-state index < -0.39 is 0 Å². The van der Waals surface area contributed by atoms with E-state index in [9.17, 15) is 4.79 Å². The lowest BCUT2D eigenvalue weighted by molar-refractivity contribution is 0.0734. The molecule has 4 rings (SSSR count). The fraction of sp³-hybridized carbons (Fsp3) is 0.154. The highest BCUT2D eigenvalue weighted by Crippen LogP contribution is 2.31. The van der Waals surface area contributed by atoms with Gasteiger partial charge >= 0.3 is 0 Å². The second kappa shape index (κ2) is 9.58. The first kappa shape index (κ1) is 20.8. The molecule has 3 aromatic carbocycles. The Bertz CT molecular complexity index is 1090. The lowest BCUT2D eigenvalue weighted by atomic mass is 10.1. The van der Waals surface area contributed by atoms with Gasteiger partial charge in [-0.25, -0.2) is 4.98 Å². The monoisotopic (exact) mass is 427 g/mol. The van der Waals surface area contributed by atoms with Crippen molar-refractivity contribution in [1.82, 2.24) is 9.88 Å². The smallest absolute Gasteiger partial charge is 0.266 e. The van der Waals surface area contributed by atoms with Crippen molar-refractivity contribution >= 4 is 28.1 Å². The molecule has 0 unspecified atom stereocenters. The van der Waals surface area contributed by atoms with Crippen LogP contribution in [0, 0.1) is 6.92 Å². The Balaban J connectivity index is 1.62. The summed E-state index contributed by atoms with van der Waals surface area (Å²) in [6.45, 7) is 3.01. The first-order valence-corrected chi connectivity index (χ1v) is 11.1. The average Bonchev–Trinajstić information content (AvgIpc) is 3.21. The van der Waals surface area contributed by atoms with Crippen LogP contribution < -0.4 is 4.90 Å². The molecule has 4 nitrogen and oxygen atoms in total. The third-order valence-corrected chi connectivity index (χ3v) is 6.35. The predicted molar refractivity (Wildman–Crippen MR) is 128 cm³/mol. The second-order valence-electron chi connectivity index (χ2n) is 7.44. The van der Waals surface area contributed by atoms with E-state index >= 15 is 0 Å². The van der Waals surface area contributed by atoms with Gasteiger partial charge in [0, 0.05) is 25.8 Å². The van der Waals surface area contributed by atoms with E-state index in [4.69, 9.17) is 4.98 Å². The molecule has 0 atom stereocenters. The number of nitrogens with zero attached hydrogens (tertiary/aromatic N) is 3. The molecule has 0 spiro atoms. The van der Waals surface area contributed by atoms with Crippen molar-refractivity contribution in [3.05, 3.63) is 113 Å². The normalized spacial score (nSPS) is 10.6. The molecule has 1 aromatic heterocycles. The number of hydrogen-bond donors (Lipinski definition) is 0. The second-order valence-corrected chi connectivity index (χ2v) is 8.42. The predicted octanol–water partition coefficient (Wildman–Crippen LogP) is 6.06. The molecule has 1 amide bonds. The van der Waals surface area contributed by atoms with Crippen LogP contribution in [-0.2, 0) is 13.1 Å². The van der Waals surface area contributed by atoms with E-state index in [0.29, 0.717) is 18.0 Å². The number of aromatic nitrogens is 1. The summed E-state index contributed by atoms with van der Waals surface area (Å²) in [5.41, 5.74) is 4.02. The van der Waals surface area contributed by atoms with Gasteiger partial charge in [-0.3, -0.25) is 4.79 Å². The van der Waals surface area contributed by atoms with Crippen LogP contribution in [0.15, 0.2) is 91.0 Å². The number of para-hydroxylation sites is 1. The van der Waals surface area contributed by atoms with Crippen LogP contribution in [0.4, 0.5) is 10.8 Å². The summed E-state index contributed by atoms with van der Waals surface area (Å²) in [5.74, 6) is 0.00965. The Morgan fingerprint density at radius 3 is 1.81 bits per heavy atom. The number of thiazole rings is 1. The summed E-state index contributed by atoms with van der Waals surface area (Å²) in [7, 11) is 1.98. The number of rotatable bonds is 7. The molecule has 0 N–H and O–H groups in total. The molecule has 0 saturated heterocycles. The van der Waals surface area contributed by atoms with E-state index in [1.165, 1.54) is 11.3 Å². The van der Waals surface area contributed by atoms with Gasteiger partial charge in [-0.15, -0.1) is 0 Å². The third-order valence-electron chi connectivity index (χ3n) is 5.13. The Labute approximate surface area is 187 Å². The maximum Gasteiger partial charge on any atom is 0.266 e. The summed E-state index contributed by atoms with van der Waals surface area (Å²) in [6.07, 6.45) is 0. The van der Waals surface area contributed by atoms with E-state index in [0.717, 1.165) is 27.6 Å². The SMILES string of the molecule is Cc1nc(N(C)c2ccccc2)sc1C(=O)N(Cc1ccccc1)Cc1ccccc1. The minimum absolute atomic E-state index is 0.00965. The van der Waals surface area contributed by atoms with Crippen molar-refractivity contribution in [3.63, 3.8) is 0 Å². The number of anilines is 2. The van der Waals surface area contributed by atoms with Crippen molar-refractivity contribution in [2.24, 2.45) is 0 Å². The van der Waals surface area contributed by atoms with E-state index in [1.807, 2.05) is 90.5 Å². The quantitative estimate of drug-likeness (QED) is 0.360. The summed E-state index contributed by atoms with van der Waals surface area (Å²) in [4.78, 5) is 22.9. The van der Waals surface area contributed by atoms with E-state index in [2.05, 4.69) is 24.3 Å². The van der Waals surface area contributed by atoms with Gasteiger partial charge in [-0.2, -0.15) is 0 Å². The first-order valence-electron chi connectivity index (χ1n) is 10.2. The van der Waals surface area contributed by atoms with E-state index in [1.54, 1.807) is 0 Å². The van der Waals surface area contributed by atoms with Gasteiger partial charge in [0.1, 0.15) is 4.88 Å². The lowest BCUT2D eigenvalue weighted by Gasteiger charge is -2.23. The van der Waals surface area contributed by atoms with Gasteiger partial charge in [0.15, 0.2) is 5.13 Å². The summed E-state index contributed by atoms with van der Waals surface area (Å²) >= 11 is 1.44. The molecule has 4 aromatic rings. The van der Waals surface area contributed by atoms with Crippen molar-refractivity contribution < 1.29 is 4.79 Å². The van der Waals surface area contributed by atoms with Crippen molar-refractivity contribution in [3.8, 4) is 0 Å².